The molecule has 0 aromatic carbocycles. The Labute approximate surface area is 110 Å². The van der Waals surface area contributed by atoms with Gasteiger partial charge in [-0.2, -0.15) is 0 Å². The molecule has 0 aromatic rings. The number of carbonyl (C=O) groups is 1. The molecule has 0 amide bonds. The Kier molecular flexibility index (Phi) is 4.79. The van der Waals surface area contributed by atoms with E-state index in [1.165, 1.54) is 12.8 Å². The van der Waals surface area contributed by atoms with Crippen LogP contribution in [0.4, 0.5) is 0 Å². The van der Waals surface area contributed by atoms with Crippen molar-refractivity contribution in [3.8, 4) is 0 Å². The maximum absolute atomic E-state index is 12.4. The van der Waals surface area contributed by atoms with Crippen molar-refractivity contribution in [2.75, 3.05) is 13.2 Å². The highest BCUT2D eigenvalue weighted by Gasteiger charge is 2.41. The highest BCUT2D eigenvalue weighted by molar-refractivity contribution is 5.81. The monoisotopic (exact) mass is 253 g/mol. The van der Waals surface area contributed by atoms with E-state index >= 15 is 0 Å². The second kappa shape index (κ2) is 6.16. The van der Waals surface area contributed by atoms with E-state index in [4.69, 9.17) is 10.5 Å². The number of Topliss-reactive ketones (excluding diaryl/α,β-unsaturated/α-hetero) is 1. The van der Waals surface area contributed by atoms with Crippen LogP contribution in [0.1, 0.15) is 58.3 Å². The molecule has 2 atom stereocenters. The van der Waals surface area contributed by atoms with Crippen LogP contribution >= 0.6 is 0 Å². The van der Waals surface area contributed by atoms with Crippen LogP contribution in [0.2, 0.25) is 0 Å². The van der Waals surface area contributed by atoms with E-state index in [9.17, 15) is 4.79 Å². The van der Waals surface area contributed by atoms with E-state index in [0.717, 1.165) is 38.7 Å². The quantitative estimate of drug-likeness (QED) is 0.819. The first-order valence-corrected chi connectivity index (χ1v) is 7.56. The van der Waals surface area contributed by atoms with Crippen molar-refractivity contribution in [1.82, 2.24) is 0 Å². The third-order valence-electron chi connectivity index (χ3n) is 4.86. The van der Waals surface area contributed by atoms with E-state index in [2.05, 4.69) is 6.92 Å². The van der Waals surface area contributed by atoms with Gasteiger partial charge in [0.05, 0.1) is 5.60 Å². The average molecular weight is 253 g/mol. The van der Waals surface area contributed by atoms with Gasteiger partial charge in [0.1, 0.15) is 5.78 Å². The standard InChI is InChI=1S/C15H27NO2/c1-2-12(11-16)9-14(17)13-5-8-18-15(10-13)6-3-4-7-15/h12-13H,2-11,16H2,1H3. The zero-order chi connectivity index (χ0) is 13.0. The molecule has 2 unspecified atom stereocenters. The second-order valence-electron chi connectivity index (χ2n) is 6.11. The Morgan fingerprint density at radius 2 is 2.17 bits per heavy atom. The van der Waals surface area contributed by atoms with Crippen molar-refractivity contribution in [1.29, 1.82) is 0 Å². The highest BCUT2D eigenvalue weighted by atomic mass is 16.5. The number of rotatable bonds is 5. The zero-order valence-corrected chi connectivity index (χ0v) is 11.6. The fourth-order valence-corrected chi connectivity index (χ4v) is 3.52. The fourth-order valence-electron chi connectivity index (χ4n) is 3.52. The minimum absolute atomic E-state index is 0.0585. The summed E-state index contributed by atoms with van der Waals surface area (Å²) in [5, 5.41) is 0. The molecule has 2 fully saturated rings. The van der Waals surface area contributed by atoms with Crippen LogP contribution < -0.4 is 5.73 Å². The molecular weight excluding hydrogens is 226 g/mol. The molecule has 0 aromatic heterocycles. The minimum Gasteiger partial charge on any atom is -0.375 e. The minimum atomic E-state index is 0.0585. The molecule has 104 valence electrons. The number of ether oxygens (including phenoxy) is 1. The summed E-state index contributed by atoms with van der Waals surface area (Å²) in [6.45, 7) is 3.53. The lowest BCUT2D eigenvalue weighted by Crippen LogP contribution is -2.40. The third-order valence-corrected chi connectivity index (χ3v) is 4.86. The lowest BCUT2D eigenvalue weighted by molar-refractivity contribution is -0.137. The van der Waals surface area contributed by atoms with Gasteiger partial charge in [-0.25, -0.2) is 0 Å². The molecule has 2 N–H and O–H groups in total. The third kappa shape index (κ3) is 3.12. The fraction of sp³-hybridized carbons (Fsp3) is 0.933. The van der Waals surface area contributed by atoms with Gasteiger partial charge in [-0.15, -0.1) is 0 Å². The van der Waals surface area contributed by atoms with Crippen LogP contribution in [0.15, 0.2) is 0 Å². The van der Waals surface area contributed by atoms with E-state index in [1.807, 2.05) is 0 Å². The molecule has 18 heavy (non-hydrogen) atoms. The van der Waals surface area contributed by atoms with Crippen molar-refractivity contribution in [2.45, 2.75) is 63.9 Å². The van der Waals surface area contributed by atoms with Gasteiger partial charge in [0, 0.05) is 18.9 Å². The first kappa shape index (κ1) is 14.0. The Hall–Kier alpha value is -0.410. The molecule has 3 heteroatoms. The normalized spacial score (nSPS) is 28.4. The summed E-state index contributed by atoms with van der Waals surface area (Å²) in [5.41, 5.74) is 5.76. The summed E-state index contributed by atoms with van der Waals surface area (Å²) < 4.78 is 5.99. The predicted molar refractivity (Wildman–Crippen MR) is 72.3 cm³/mol. The van der Waals surface area contributed by atoms with Crippen molar-refractivity contribution >= 4 is 5.78 Å². The van der Waals surface area contributed by atoms with Crippen molar-refractivity contribution in [3.05, 3.63) is 0 Å². The Morgan fingerprint density at radius 1 is 1.44 bits per heavy atom. The van der Waals surface area contributed by atoms with Gasteiger partial charge >= 0.3 is 0 Å². The predicted octanol–water partition coefficient (Wildman–Crippen LogP) is 2.67. The molecule has 3 nitrogen and oxygen atoms in total. The topological polar surface area (TPSA) is 52.3 Å². The van der Waals surface area contributed by atoms with Gasteiger partial charge in [0.25, 0.3) is 0 Å². The van der Waals surface area contributed by atoms with Gasteiger partial charge in [-0.05, 0) is 38.1 Å². The Balaban J connectivity index is 1.90. The molecule has 1 saturated heterocycles. The van der Waals surface area contributed by atoms with E-state index in [0.29, 0.717) is 24.7 Å². The van der Waals surface area contributed by atoms with Crippen LogP contribution in [-0.2, 0) is 9.53 Å². The van der Waals surface area contributed by atoms with Crippen LogP contribution in [0.3, 0.4) is 0 Å². The van der Waals surface area contributed by atoms with Crippen LogP contribution in [0, 0.1) is 11.8 Å². The van der Waals surface area contributed by atoms with Crippen LogP contribution in [0.5, 0.6) is 0 Å². The van der Waals surface area contributed by atoms with Gasteiger partial charge in [-0.1, -0.05) is 26.2 Å². The van der Waals surface area contributed by atoms with Gasteiger partial charge in [0.15, 0.2) is 0 Å². The zero-order valence-electron chi connectivity index (χ0n) is 11.6. The molecule has 2 rings (SSSR count). The number of nitrogens with two attached hydrogens (primary N) is 1. The number of hydrogen-bond acceptors (Lipinski definition) is 3. The SMILES string of the molecule is CCC(CN)CC(=O)C1CCOC2(CCCC2)C1. The summed E-state index contributed by atoms with van der Waals surface area (Å²) in [6.07, 6.45) is 8.41. The van der Waals surface area contributed by atoms with E-state index < -0.39 is 0 Å². The largest absolute Gasteiger partial charge is 0.375 e. The molecule has 0 bridgehead atoms. The highest BCUT2D eigenvalue weighted by Crippen LogP contribution is 2.42. The molecule has 1 heterocycles. The van der Waals surface area contributed by atoms with Crippen LogP contribution in [-0.4, -0.2) is 24.5 Å². The maximum Gasteiger partial charge on any atom is 0.136 e. The lowest BCUT2D eigenvalue weighted by atomic mass is 9.80. The summed E-state index contributed by atoms with van der Waals surface area (Å²) in [6, 6.07) is 0. The van der Waals surface area contributed by atoms with E-state index in [-0.39, 0.29) is 11.5 Å². The summed E-state index contributed by atoms with van der Waals surface area (Å²) >= 11 is 0. The van der Waals surface area contributed by atoms with E-state index in [1.54, 1.807) is 0 Å². The summed E-state index contributed by atoms with van der Waals surface area (Å²) in [7, 11) is 0. The first-order chi connectivity index (χ1) is 8.69. The summed E-state index contributed by atoms with van der Waals surface area (Å²) in [5.74, 6) is 1.04. The molecule has 2 aliphatic rings. The molecule has 1 saturated carbocycles. The number of ketones is 1. The molecule has 1 aliphatic heterocycles. The molecular formula is C15H27NO2. The number of hydrogen-bond donors (Lipinski definition) is 1. The smallest absolute Gasteiger partial charge is 0.136 e. The Morgan fingerprint density at radius 3 is 2.78 bits per heavy atom. The molecule has 0 radical (unpaired) electrons. The maximum atomic E-state index is 12.4. The van der Waals surface area contributed by atoms with Crippen molar-refractivity contribution in [2.24, 2.45) is 17.6 Å². The van der Waals surface area contributed by atoms with Crippen molar-refractivity contribution < 1.29 is 9.53 Å². The molecule has 1 spiro atoms. The van der Waals surface area contributed by atoms with Gasteiger partial charge < -0.3 is 10.5 Å². The van der Waals surface area contributed by atoms with Gasteiger partial charge in [0.2, 0.25) is 0 Å². The number of carbonyl (C=O) groups excluding carboxylic acids is 1. The molecule has 1 aliphatic carbocycles. The Bertz CT molecular complexity index is 280. The van der Waals surface area contributed by atoms with Crippen LogP contribution in [0.25, 0.3) is 0 Å². The van der Waals surface area contributed by atoms with Crippen molar-refractivity contribution in [3.63, 3.8) is 0 Å². The summed E-state index contributed by atoms with van der Waals surface area (Å²) in [4.78, 5) is 12.4. The van der Waals surface area contributed by atoms with Gasteiger partial charge in [-0.3, -0.25) is 4.79 Å². The first-order valence-electron chi connectivity index (χ1n) is 7.56. The second-order valence-corrected chi connectivity index (χ2v) is 6.11. The lowest BCUT2D eigenvalue weighted by Gasteiger charge is -2.38. The average Bonchev–Trinajstić information content (AvgIpc) is 2.83.